The molecule has 1 aliphatic heterocycles. The van der Waals surface area contributed by atoms with E-state index in [4.69, 9.17) is 24.2 Å². The molecule has 0 saturated carbocycles. The van der Waals surface area contributed by atoms with Crippen molar-refractivity contribution < 1.29 is 14.2 Å². The molecule has 0 radical (unpaired) electrons. The van der Waals surface area contributed by atoms with Crippen LogP contribution in [0.25, 0.3) is 33.1 Å². The minimum Gasteiger partial charge on any atom is -0.493 e. The van der Waals surface area contributed by atoms with E-state index in [0.29, 0.717) is 29.9 Å². The molecule has 0 atom stereocenters. The Bertz CT molecular complexity index is 1260. The number of hydrogen-bond donors (Lipinski definition) is 2. The Kier molecular flexibility index (Phi) is 5.57. The molecule has 5 rings (SSSR count). The summed E-state index contributed by atoms with van der Waals surface area (Å²) in [7, 11) is 3.29. The van der Waals surface area contributed by atoms with Crippen LogP contribution in [-0.4, -0.2) is 48.9 Å². The lowest BCUT2D eigenvalue weighted by Crippen LogP contribution is -2.27. The Morgan fingerprint density at radius 1 is 0.938 bits per heavy atom. The van der Waals surface area contributed by atoms with Crippen molar-refractivity contribution in [1.29, 1.82) is 0 Å². The van der Waals surface area contributed by atoms with Crippen molar-refractivity contribution in [3.63, 3.8) is 0 Å². The molecule has 3 heterocycles. The van der Waals surface area contributed by atoms with E-state index in [-0.39, 0.29) is 0 Å². The largest absolute Gasteiger partial charge is 0.493 e. The van der Waals surface area contributed by atoms with Crippen molar-refractivity contribution in [1.82, 2.24) is 20.3 Å². The number of aromatic amines is 1. The SMILES string of the molecule is CCOc1nc(C2CCNCC2)nc2c1[nH]c1cc(-c3ccc(OC)c(OC)c3)ccc12. The molecule has 32 heavy (non-hydrogen) atoms. The van der Waals surface area contributed by atoms with Gasteiger partial charge in [-0.05, 0) is 62.2 Å². The highest BCUT2D eigenvalue weighted by Gasteiger charge is 2.22. The van der Waals surface area contributed by atoms with E-state index < -0.39 is 0 Å². The van der Waals surface area contributed by atoms with Gasteiger partial charge in [-0.2, -0.15) is 4.98 Å². The van der Waals surface area contributed by atoms with E-state index in [1.807, 2.05) is 25.1 Å². The minimum absolute atomic E-state index is 0.357. The molecule has 0 aliphatic carbocycles. The van der Waals surface area contributed by atoms with Crippen molar-refractivity contribution in [2.24, 2.45) is 0 Å². The van der Waals surface area contributed by atoms with Gasteiger partial charge in [-0.15, -0.1) is 0 Å². The molecule has 7 heteroatoms. The van der Waals surface area contributed by atoms with Gasteiger partial charge in [-0.25, -0.2) is 4.98 Å². The van der Waals surface area contributed by atoms with Gasteiger partial charge < -0.3 is 24.5 Å². The van der Waals surface area contributed by atoms with E-state index in [2.05, 4.69) is 28.5 Å². The minimum atomic E-state index is 0.357. The summed E-state index contributed by atoms with van der Waals surface area (Å²) in [6.07, 6.45) is 2.09. The van der Waals surface area contributed by atoms with Gasteiger partial charge in [0.05, 0.1) is 20.8 Å². The van der Waals surface area contributed by atoms with E-state index in [9.17, 15) is 0 Å². The Morgan fingerprint density at radius 3 is 2.44 bits per heavy atom. The number of piperidine rings is 1. The van der Waals surface area contributed by atoms with Crippen LogP contribution in [0.2, 0.25) is 0 Å². The summed E-state index contributed by atoms with van der Waals surface area (Å²) >= 11 is 0. The maximum Gasteiger partial charge on any atom is 0.241 e. The van der Waals surface area contributed by atoms with Gasteiger partial charge in [-0.3, -0.25) is 0 Å². The van der Waals surface area contributed by atoms with Crippen molar-refractivity contribution in [3.8, 4) is 28.5 Å². The number of fused-ring (bicyclic) bond motifs is 3. The molecule has 1 saturated heterocycles. The highest BCUT2D eigenvalue weighted by molar-refractivity contribution is 6.07. The van der Waals surface area contributed by atoms with Gasteiger partial charge in [0.1, 0.15) is 16.9 Å². The maximum atomic E-state index is 5.92. The number of rotatable bonds is 6. The molecule has 1 fully saturated rings. The predicted octanol–water partition coefficient (Wildman–Crippen LogP) is 4.66. The molecule has 0 spiro atoms. The zero-order chi connectivity index (χ0) is 22.1. The average molecular weight is 433 g/mol. The third-order valence-electron chi connectivity index (χ3n) is 6.13. The molecule has 0 bridgehead atoms. The molecule has 0 unspecified atom stereocenters. The third kappa shape index (κ3) is 3.62. The van der Waals surface area contributed by atoms with E-state index in [1.54, 1.807) is 14.2 Å². The number of aromatic nitrogens is 3. The molecule has 4 aromatic rings. The lowest BCUT2D eigenvalue weighted by molar-refractivity contribution is 0.326. The molecule has 2 aromatic heterocycles. The first-order chi connectivity index (χ1) is 15.7. The van der Waals surface area contributed by atoms with Crippen molar-refractivity contribution in [2.75, 3.05) is 33.9 Å². The van der Waals surface area contributed by atoms with Crippen molar-refractivity contribution >= 4 is 21.9 Å². The van der Waals surface area contributed by atoms with Gasteiger partial charge in [-0.1, -0.05) is 18.2 Å². The molecule has 166 valence electrons. The fourth-order valence-electron chi connectivity index (χ4n) is 4.45. The zero-order valence-electron chi connectivity index (χ0n) is 18.7. The quantitative estimate of drug-likeness (QED) is 0.461. The Hall–Kier alpha value is -3.32. The third-order valence-corrected chi connectivity index (χ3v) is 6.13. The van der Waals surface area contributed by atoms with Gasteiger partial charge in [0.15, 0.2) is 11.5 Å². The van der Waals surface area contributed by atoms with E-state index in [1.165, 1.54) is 0 Å². The number of hydrogen-bond acceptors (Lipinski definition) is 6. The smallest absolute Gasteiger partial charge is 0.241 e. The molecule has 0 amide bonds. The zero-order valence-corrected chi connectivity index (χ0v) is 18.7. The second kappa shape index (κ2) is 8.67. The van der Waals surface area contributed by atoms with Gasteiger partial charge >= 0.3 is 0 Å². The molecule has 2 N–H and O–H groups in total. The van der Waals surface area contributed by atoms with Gasteiger partial charge in [0, 0.05) is 16.8 Å². The normalized spacial score (nSPS) is 14.7. The monoisotopic (exact) mass is 432 g/mol. The number of nitrogens with one attached hydrogen (secondary N) is 2. The summed E-state index contributed by atoms with van der Waals surface area (Å²) in [6, 6.07) is 12.3. The van der Waals surface area contributed by atoms with Crippen LogP contribution < -0.4 is 19.5 Å². The van der Waals surface area contributed by atoms with E-state index >= 15 is 0 Å². The second-order valence-corrected chi connectivity index (χ2v) is 8.02. The Morgan fingerprint density at radius 2 is 1.69 bits per heavy atom. The Balaban J connectivity index is 1.62. The molecular formula is C25H28N4O3. The van der Waals surface area contributed by atoms with Gasteiger partial charge in [0.25, 0.3) is 0 Å². The Labute approximate surface area is 187 Å². The van der Waals surface area contributed by atoms with Gasteiger partial charge in [0.2, 0.25) is 5.88 Å². The molecule has 1 aliphatic rings. The summed E-state index contributed by atoms with van der Waals surface area (Å²) < 4.78 is 16.8. The standard InChI is InChI=1S/C25H28N4O3/c1-4-32-25-23-22(28-24(29-25)15-9-11-26-12-10-15)18-7-5-16(13-19(18)27-23)17-6-8-20(30-2)21(14-17)31-3/h5-8,13-15,26-27H,4,9-12H2,1-3H3. The van der Waals surface area contributed by atoms with Crippen LogP contribution in [0.1, 0.15) is 31.5 Å². The summed E-state index contributed by atoms with van der Waals surface area (Å²) in [5, 5.41) is 4.49. The lowest BCUT2D eigenvalue weighted by Gasteiger charge is -2.21. The summed E-state index contributed by atoms with van der Waals surface area (Å²) in [5.41, 5.74) is 4.91. The van der Waals surface area contributed by atoms with Crippen LogP contribution in [0.15, 0.2) is 36.4 Å². The highest BCUT2D eigenvalue weighted by Crippen LogP contribution is 2.36. The number of methoxy groups -OCH3 is 2. The summed E-state index contributed by atoms with van der Waals surface area (Å²) in [6.45, 7) is 4.54. The first-order valence-corrected chi connectivity index (χ1v) is 11.1. The predicted molar refractivity (Wildman–Crippen MR) is 126 cm³/mol. The second-order valence-electron chi connectivity index (χ2n) is 8.02. The number of H-pyrrole nitrogens is 1. The number of nitrogens with zero attached hydrogens (tertiary/aromatic N) is 2. The first-order valence-electron chi connectivity index (χ1n) is 11.1. The first kappa shape index (κ1) is 20.6. The van der Waals surface area contributed by atoms with Crippen molar-refractivity contribution in [3.05, 3.63) is 42.2 Å². The molecule has 7 nitrogen and oxygen atoms in total. The van der Waals surface area contributed by atoms with E-state index in [0.717, 1.165) is 64.8 Å². The van der Waals surface area contributed by atoms with Crippen LogP contribution in [-0.2, 0) is 0 Å². The van der Waals surface area contributed by atoms with Crippen molar-refractivity contribution in [2.45, 2.75) is 25.7 Å². The van der Waals surface area contributed by atoms with Crippen LogP contribution >= 0.6 is 0 Å². The fourth-order valence-corrected chi connectivity index (χ4v) is 4.45. The van der Waals surface area contributed by atoms with Crippen LogP contribution in [0.4, 0.5) is 0 Å². The fraction of sp³-hybridized carbons (Fsp3) is 0.360. The average Bonchev–Trinajstić information content (AvgIpc) is 3.22. The summed E-state index contributed by atoms with van der Waals surface area (Å²) in [5.74, 6) is 3.29. The lowest BCUT2D eigenvalue weighted by atomic mass is 9.97. The van der Waals surface area contributed by atoms with Crippen LogP contribution in [0.3, 0.4) is 0 Å². The van der Waals surface area contributed by atoms with Crippen LogP contribution in [0, 0.1) is 0 Å². The molecular weight excluding hydrogens is 404 g/mol. The molecule has 2 aromatic carbocycles. The van der Waals surface area contributed by atoms with Crippen LogP contribution in [0.5, 0.6) is 17.4 Å². The number of benzene rings is 2. The highest BCUT2D eigenvalue weighted by atomic mass is 16.5. The summed E-state index contributed by atoms with van der Waals surface area (Å²) in [4.78, 5) is 13.3. The topological polar surface area (TPSA) is 81.3 Å². The maximum absolute atomic E-state index is 5.92. The number of ether oxygens (including phenoxy) is 3.